The Morgan fingerprint density at radius 3 is 2.80 bits per heavy atom. The Morgan fingerprint density at radius 2 is 2.33 bits per heavy atom. The molecule has 1 aromatic rings. The molecular formula is C9H8BrF2NO2. The van der Waals surface area contributed by atoms with Crippen LogP contribution in [0.1, 0.15) is 28.0 Å². The second kappa shape index (κ2) is 5.16. The third kappa shape index (κ3) is 2.71. The van der Waals surface area contributed by atoms with Crippen LogP contribution in [0.5, 0.6) is 0 Å². The summed E-state index contributed by atoms with van der Waals surface area (Å²) >= 11 is 3.13. The molecule has 0 fully saturated rings. The highest BCUT2D eigenvalue weighted by Crippen LogP contribution is 2.21. The highest BCUT2D eigenvalue weighted by Gasteiger charge is 2.16. The number of methoxy groups -OCH3 is 1. The molecular weight excluding hydrogens is 272 g/mol. The van der Waals surface area contributed by atoms with Crippen molar-refractivity contribution in [1.29, 1.82) is 0 Å². The van der Waals surface area contributed by atoms with Crippen molar-refractivity contribution in [3.8, 4) is 0 Å². The molecule has 0 unspecified atom stereocenters. The van der Waals surface area contributed by atoms with E-state index in [9.17, 15) is 13.6 Å². The number of esters is 1. The van der Waals surface area contributed by atoms with Crippen LogP contribution in [0, 0.1) is 0 Å². The Hall–Kier alpha value is -1.04. The molecule has 0 spiro atoms. The number of alkyl halides is 3. The Labute approximate surface area is 93.6 Å². The van der Waals surface area contributed by atoms with Crippen molar-refractivity contribution in [2.24, 2.45) is 0 Å². The monoisotopic (exact) mass is 279 g/mol. The molecule has 3 nitrogen and oxygen atoms in total. The molecule has 0 atom stereocenters. The van der Waals surface area contributed by atoms with Gasteiger partial charge in [0.1, 0.15) is 5.69 Å². The topological polar surface area (TPSA) is 39.2 Å². The van der Waals surface area contributed by atoms with Crippen LogP contribution in [-0.4, -0.2) is 18.1 Å². The molecule has 0 aliphatic carbocycles. The van der Waals surface area contributed by atoms with E-state index < -0.39 is 18.1 Å². The van der Waals surface area contributed by atoms with Gasteiger partial charge in [-0.15, -0.1) is 0 Å². The van der Waals surface area contributed by atoms with Gasteiger partial charge in [-0.05, 0) is 11.6 Å². The summed E-state index contributed by atoms with van der Waals surface area (Å²) in [5.41, 5.74) is 0.200. The highest BCUT2D eigenvalue weighted by molar-refractivity contribution is 9.08. The lowest BCUT2D eigenvalue weighted by atomic mass is 10.1. The fourth-order valence-corrected chi connectivity index (χ4v) is 1.47. The van der Waals surface area contributed by atoms with E-state index in [1.165, 1.54) is 13.3 Å². The number of ether oxygens (including phenoxy) is 1. The maximum atomic E-state index is 12.3. The molecule has 15 heavy (non-hydrogen) atoms. The average molecular weight is 280 g/mol. The van der Waals surface area contributed by atoms with Gasteiger partial charge in [0.2, 0.25) is 0 Å². The molecule has 0 aromatic carbocycles. The number of nitrogens with zero attached hydrogens (tertiary/aromatic N) is 1. The van der Waals surface area contributed by atoms with Crippen LogP contribution < -0.4 is 0 Å². The molecule has 1 rings (SSSR count). The van der Waals surface area contributed by atoms with Gasteiger partial charge in [-0.2, -0.15) is 0 Å². The second-order valence-electron chi connectivity index (χ2n) is 2.69. The van der Waals surface area contributed by atoms with Gasteiger partial charge >= 0.3 is 5.97 Å². The third-order valence-corrected chi connectivity index (χ3v) is 2.38. The van der Waals surface area contributed by atoms with E-state index in [-0.39, 0.29) is 5.56 Å². The number of carbonyl (C=O) groups is 1. The lowest BCUT2D eigenvalue weighted by molar-refractivity contribution is 0.0599. The summed E-state index contributed by atoms with van der Waals surface area (Å²) in [5.74, 6) is -0.645. The van der Waals surface area contributed by atoms with Crippen molar-refractivity contribution in [2.45, 2.75) is 11.8 Å². The maximum Gasteiger partial charge on any atom is 0.338 e. The molecule has 0 saturated heterocycles. The molecule has 82 valence electrons. The van der Waals surface area contributed by atoms with Gasteiger partial charge in [-0.3, -0.25) is 4.98 Å². The quantitative estimate of drug-likeness (QED) is 0.631. The Bertz CT molecular complexity index is 371. The minimum atomic E-state index is -2.70. The van der Waals surface area contributed by atoms with Crippen LogP contribution in [0.15, 0.2) is 12.3 Å². The predicted molar refractivity (Wildman–Crippen MR) is 53.2 cm³/mol. The first-order valence-electron chi connectivity index (χ1n) is 4.01. The van der Waals surface area contributed by atoms with Crippen molar-refractivity contribution < 1.29 is 18.3 Å². The number of rotatable bonds is 3. The van der Waals surface area contributed by atoms with Gasteiger partial charge in [0, 0.05) is 11.5 Å². The number of aromatic nitrogens is 1. The zero-order valence-corrected chi connectivity index (χ0v) is 9.42. The van der Waals surface area contributed by atoms with Crippen molar-refractivity contribution in [3.63, 3.8) is 0 Å². The van der Waals surface area contributed by atoms with Crippen LogP contribution in [0.3, 0.4) is 0 Å². The van der Waals surface area contributed by atoms with Crippen molar-refractivity contribution in [1.82, 2.24) is 4.98 Å². The summed E-state index contributed by atoms with van der Waals surface area (Å²) in [6.07, 6.45) is -1.46. The van der Waals surface area contributed by atoms with Crippen LogP contribution in [0.25, 0.3) is 0 Å². The van der Waals surface area contributed by atoms with Gasteiger partial charge in [0.25, 0.3) is 6.43 Å². The summed E-state index contributed by atoms with van der Waals surface area (Å²) in [5, 5.41) is 0.355. The van der Waals surface area contributed by atoms with Gasteiger partial charge < -0.3 is 4.74 Å². The van der Waals surface area contributed by atoms with Gasteiger partial charge in [0.05, 0.1) is 12.7 Å². The normalized spacial score (nSPS) is 10.5. The van der Waals surface area contributed by atoms with E-state index in [0.29, 0.717) is 10.9 Å². The summed E-state index contributed by atoms with van der Waals surface area (Å²) < 4.78 is 29.1. The SMILES string of the molecule is COC(=O)c1cc(C(F)F)ncc1CBr. The van der Waals surface area contributed by atoms with Crippen molar-refractivity contribution >= 4 is 21.9 Å². The third-order valence-electron chi connectivity index (χ3n) is 1.78. The Kier molecular flexibility index (Phi) is 4.14. The number of halogens is 3. The first-order valence-corrected chi connectivity index (χ1v) is 5.13. The van der Waals surface area contributed by atoms with Crippen LogP contribution in [0.2, 0.25) is 0 Å². The van der Waals surface area contributed by atoms with E-state index in [0.717, 1.165) is 6.07 Å². The largest absolute Gasteiger partial charge is 0.465 e. The standard InChI is InChI=1S/C9H8BrF2NO2/c1-15-9(14)6-2-7(8(11)12)13-4-5(6)3-10/h2,4,8H,3H2,1H3. The number of carbonyl (C=O) groups excluding carboxylic acids is 1. The lowest BCUT2D eigenvalue weighted by Crippen LogP contribution is -2.07. The number of hydrogen-bond donors (Lipinski definition) is 0. The second-order valence-corrected chi connectivity index (χ2v) is 3.25. The van der Waals surface area contributed by atoms with E-state index in [1.54, 1.807) is 0 Å². The number of hydrogen-bond acceptors (Lipinski definition) is 3. The maximum absolute atomic E-state index is 12.3. The zero-order chi connectivity index (χ0) is 11.4. The molecule has 1 aromatic heterocycles. The minimum Gasteiger partial charge on any atom is -0.465 e. The molecule has 0 radical (unpaired) electrons. The molecule has 1 heterocycles. The fraction of sp³-hybridized carbons (Fsp3) is 0.333. The summed E-state index contributed by atoms with van der Waals surface area (Å²) in [4.78, 5) is 14.8. The van der Waals surface area contributed by atoms with Crippen LogP contribution in [0.4, 0.5) is 8.78 Å². The minimum absolute atomic E-state index is 0.111. The molecule has 6 heteroatoms. The van der Waals surface area contributed by atoms with Gasteiger partial charge in [0.15, 0.2) is 0 Å². The van der Waals surface area contributed by atoms with E-state index in [1.807, 2.05) is 0 Å². The predicted octanol–water partition coefficient (Wildman–Crippen LogP) is 2.70. The van der Waals surface area contributed by atoms with Crippen LogP contribution >= 0.6 is 15.9 Å². The first-order chi connectivity index (χ1) is 7.10. The average Bonchev–Trinajstić information content (AvgIpc) is 2.27. The number of pyridine rings is 1. The molecule has 0 N–H and O–H groups in total. The fourth-order valence-electron chi connectivity index (χ4n) is 1.03. The summed E-state index contributed by atoms with van der Waals surface area (Å²) in [6.45, 7) is 0. The molecule has 0 bridgehead atoms. The van der Waals surface area contributed by atoms with Gasteiger partial charge in [-0.1, -0.05) is 15.9 Å². The summed E-state index contributed by atoms with van der Waals surface area (Å²) in [6, 6.07) is 1.05. The molecule has 0 amide bonds. The molecule has 0 aliphatic rings. The summed E-state index contributed by atoms with van der Waals surface area (Å²) in [7, 11) is 1.20. The van der Waals surface area contributed by atoms with Crippen molar-refractivity contribution in [2.75, 3.05) is 7.11 Å². The van der Waals surface area contributed by atoms with Crippen molar-refractivity contribution in [3.05, 3.63) is 29.1 Å². The van der Waals surface area contributed by atoms with Gasteiger partial charge in [-0.25, -0.2) is 13.6 Å². The molecule has 0 saturated carbocycles. The molecule has 0 aliphatic heterocycles. The van der Waals surface area contributed by atoms with Crippen LogP contribution in [-0.2, 0) is 10.1 Å². The Balaban J connectivity index is 3.19. The van der Waals surface area contributed by atoms with E-state index in [2.05, 4.69) is 25.7 Å². The highest BCUT2D eigenvalue weighted by atomic mass is 79.9. The van der Waals surface area contributed by atoms with E-state index in [4.69, 9.17) is 0 Å². The Morgan fingerprint density at radius 1 is 1.67 bits per heavy atom. The first kappa shape index (κ1) is 12.0. The lowest BCUT2D eigenvalue weighted by Gasteiger charge is -2.06. The zero-order valence-electron chi connectivity index (χ0n) is 7.84. The smallest absolute Gasteiger partial charge is 0.338 e. The van der Waals surface area contributed by atoms with E-state index >= 15 is 0 Å².